The summed E-state index contributed by atoms with van der Waals surface area (Å²) >= 11 is 0. The number of nitrogens with one attached hydrogen (secondary N) is 1. The lowest BCUT2D eigenvalue weighted by Gasteiger charge is -2.32. The summed E-state index contributed by atoms with van der Waals surface area (Å²) < 4.78 is 9.96. The van der Waals surface area contributed by atoms with Gasteiger partial charge in [0.15, 0.2) is 0 Å². The van der Waals surface area contributed by atoms with Crippen molar-refractivity contribution in [2.45, 2.75) is 66.2 Å². The highest BCUT2D eigenvalue weighted by Crippen LogP contribution is 2.35. The molecule has 2 aromatic rings. The van der Waals surface area contributed by atoms with Crippen LogP contribution >= 0.6 is 0 Å². The minimum absolute atomic E-state index is 0.137. The third-order valence-corrected chi connectivity index (χ3v) is 5.94. The first-order valence-corrected chi connectivity index (χ1v) is 14.4. The van der Waals surface area contributed by atoms with E-state index in [0.29, 0.717) is 30.5 Å². The number of phenols is 1. The Balaban J connectivity index is 0.00000119. The van der Waals surface area contributed by atoms with Crippen LogP contribution in [-0.4, -0.2) is 81.5 Å². The summed E-state index contributed by atoms with van der Waals surface area (Å²) in [5, 5.41) is 13.7. The zero-order valence-electron chi connectivity index (χ0n) is 26.5. The number of ether oxygens (including phenoxy) is 2. The van der Waals surface area contributed by atoms with E-state index in [0.717, 1.165) is 44.0 Å². The lowest BCUT2D eigenvalue weighted by atomic mass is 9.97. The summed E-state index contributed by atoms with van der Waals surface area (Å²) in [7, 11) is 5.42. The smallest absolute Gasteiger partial charge is 0.126 e. The first kappa shape index (κ1) is 37.6. The van der Waals surface area contributed by atoms with Crippen molar-refractivity contribution in [3.8, 4) is 11.5 Å². The van der Waals surface area contributed by atoms with Crippen molar-refractivity contribution >= 4 is 5.69 Å². The lowest BCUT2D eigenvalue weighted by Crippen LogP contribution is -2.43. The molecule has 1 heterocycles. The van der Waals surface area contributed by atoms with Gasteiger partial charge in [0.2, 0.25) is 0 Å². The normalized spacial score (nSPS) is 14.2. The van der Waals surface area contributed by atoms with Gasteiger partial charge >= 0.3 is 0 Å². The Hall–Kier alpha value is -2.40. The number of anilines is 1. The third-order valence-electron chi connectivity index (χ3n) is 5.94. The number of benzene rings is 2. The average Bonchev–Trinajstić information content (AvgIpc) is 2.92. The molecule has 1 atom stereocenters. The van der Waals surface area contributed by atoms with Gasteiger partial charge in [0.05, 0.1) is 13.7 Å². The number of phenolic OH excluding ortho intramolecular Hbond substituents is 1. The number of piperazine rings is 1. The molecule has 0 spiro atoms. The Morgan fingerprint density at radius 2 is 1.48 bits per heavy atom. The average molecular weight is 563 g/mol. The van der Waals surface area contributed by atoms with Gasteiger partial charge in [-0.1, -0.05) is 53.7 Å². The predicted molar refractivity (Wildman–Crippen MR) is 170 cm³/mol. The summed E-state index contributed by atoms with van der Waals surface area (Å²) in [4.78, 5) is 4.85. The molecule has 1 saturated heterocycles. The highest BCUT2D eigenvalue weighted by molar-refractivity contribution is 5.52. The van der Waals surface area contributed by atoms with Gasteiger partial charge in [0, 0.05) is 63.7 Å². The summed E-state index contributed by atoms with van der Waals surface area (Å²) in [6.07, 6.45) is -0.512. The van der Waals surface area contributed by atoms with E-state index in [1.807, 2.05) is 33.8 Å². The van der Waals surface area contributed by atoms with E-state index in [-0.39, 0.29) is 11.7 Å². The molecule has 0 bridgehead atoms. The van der Waals surface area contributed by atoms with Crippen molar-refractivity contribution < 1.29 is 14.6 Å². The number of methoxy groups -OCH3 is 2. The van der Waals surface area contributed by atoms with E-state index >= 15 is 0 Å². The maximum absolute atomic E-state index is 10.4. The molecule has 2 aromatic carbocycles. The van der Waals surface area contributed by atoms with Gasteiger partial charge in [0.1, 0.15) is 17.7 Å². The molecule has 9 heteroatoms. The molecule has 230 valence electrons. The second-order valence-corrected chi connectivity index (χ2v) is 10.2. The summed E-state index contributed by atoms with van der Waals surface area (Å²) in [6, 6.07) is 12.3. The fraction of sp³-hybridized carbons (Fsp3) is 0.613. The monoisotopic (exact) mass is 562 g/mol. The van der Waals surface area contributed by atoms with E-state index in [1.54, 1.807) is 20.3 Å². The molecule has 1 aliphatic heterocycles. The van der Waals surface area contributed by atoms with Crippen molar-refractivity contribution in [3.05, 3.63) is 53.1 Å². The maximum atomic E-state index is 10.4. The quantitative estimate of drug-likeness (QED) is 0.283. The Morgan fingerprint density at radius 3 is 1.90 bits per heavy atom. The maximum Gasteiger partial charge on any atom is 0.126 e. The van der Waals surface area contributed by atoms with Gasteiger partial charge in [-0.05, 0) is 48.3 Å². The Labute approximate surface area is 244 Å². The molecule has 0 aromatic heterocycles. The lowest BCUT2D eigenvalue weighted by molar-refractivity contribution is 0.148. The molecular weight excluding hydrogens is 504 g/mol. The number of nitrogens with two attached hydrogens (primary N) is 3. The standard InChI is InChI=1S/C23H34N4O2.C3H9NO.C3H9N.C2H6/c1-16(2)19-13-20(21(28)14-22(19)29-4)23(24)25-18-7-5-17(6-8-18)15-27-11-9-26(3)10-12-27;1-5-3-2-4;1-3(2)4;1-2/h5-8,13-14,16,23,25,28H,9-12,15,24H2,1-4H3;2-4H2,1H3;3H,4H2,1-2H3;1-2H3. The van der Waals surface area contributed by atoms with Gasteiger partial charge in [-0.15, -0.1) is 0 Å². The number of nitrogens with zero attached hydrogens (tertiary/aromatic N) is 2. The number of rotatable bonds is 9. The zero-order valence-corrected chi connectivity index (χ0v) is 26.5. The first-order valence-electron chi connectivity index (χ1n) is 14.4. The summed E-state index contributed by atoms with van der Waals surface area (Å²) in [6.45, 7) is 18.8. The van der Waals surface area contributed by atoms with Crippen LogP contribution in [0, 0.1) is 0 Å². The van der Waals surface area contributed by atoms with Crippen molar-refractivity contribution in [3.63, 3.8) is 0 Å². The van der Waals surface area contributed by atoms with Gasteiger partial charge in [-0.25, -0.2) is 0 Å². The molecule has 0 radical (unpaired) electrons. The molecule has 9 nitrogen and oxygen atoms in total. The molecule has 0 aliphatic carbocycles. The van der Waals surface area contributed by atoms with Gasteiger partial charge in [-0.3, -0.25) is 4.90 Å². The van der Waals surface area contributed by atoms with Crippen LogP contribution in [0.4, 0.5) is 5.69 Å². The third kappa shape index (κ3) is 14.8. The molecule has 0 saturated carbocycles. The summed E-state index contributed by atoms with van der Waals surface area (Å²) in [5.74, 6) is 1.09. The molecule has 1 aliphatic rings. The molecule has 40 heavy (non-hydrogen) atoms. The van der Waals surface area contributed by atoms with Crippen LogP contribution in [0.2, 0.25) is 0 Å². The molecule has 8 N–H and O–H groups in total. The number of hydrogen-bond donors (Lipinski definition) is 5. The van der Waals surface area contributed by atoms with Crippen LogP contribution in [-0.2, 0) is 11.3 Å². The minimum atomic E-state index is -0.512. The van der Waals surface area contributed by atoms with Crippen molar-refractivity contribution in [2.75, 3.05) is 65.9 Å². The van der Waals surface area contributed by atoms with E-state index in [1.165, 1.54) is 5.56 Å². The Bertz CT molecular complexity index is 896. The molecule has 3 rings (SSSR count). The minimum Gasteiger partial charge on any atom is -0.507 e. The van der Waals surface area contributed by atoms with Gasteiger partial charge in [-0.2, -0.15) is 0 Å². The van der Waals surface area contributed by atoms with E-state index in [9.17, 15) is 5.11 Å². The molecule has 0 amide bonds. The van der Waals surface area contributed by atoms with Gasteiger partial charge < -0.3 is 42.0 Å². The molecular formula is C31H58N6O3. The molecule has 1 fully saturated rings. The second kappa shape index (κ2) is 21.4. The van der Waals surface area contributed by atoms with Crippen LogP contribution < -0.4 is 27.3 Å². The highest BCUT2D eigenvalue weighted by atomic mass is 16.5. The summed E-state index contributed by atoms with van der Waals surface area (Å²) in [5.41, 5.74) is 20.4. The number of aromatic hydroxyl groups is 1. The van der Waals surface area contributed by atoms with Crippen LogP contribution in [0.1, 0.15) is 70.3 Å². The zero-order chi connectivity index (χ0) is 30.7. The van der Waals surface area contributed by atoms with Crippen molar-refractivity contribution in [2.24, 2.45) is 17.2 Å². The fourth-order valence-corrected chi connectivity index (χ4v) is 3.83. The SMILES string of the molecule is CC.CC(C)N.COCCN.COc1cc(O)c(C(N)Nc2ccc(CN3CCN(C)CC3)cc2)cc1C(C)C. The fourth-order valence-electron chi connectivity index (χ4n) is 3.83. The Morgan fingerprint density at radius 1 is 0.925 bits per heavy atom. The number of hydrogen-bond acceptors (Lipinski definition) is 9. The number of likely N-dealkylation sites (N-methyl/N-ethyl adjacent to an activating group) is 1. The van der Waals surface area contributed by atoms with Crippen molar-refractivity contribution in [1.82, 2.24) is 9.80 Å². The van der Waals surface area contributed by atoms with Gasteiger partial charge in [0.25, 0.3) is 0 Å². The van der Waals surface area contributed by atoms with Crippen LogP contribution in [0.5, 0.6) is 11.5 Å². The van der Waals surface area contributed by atoms with Crippen LogP contribution in [0.3, 0.4) is 0 Å². The topological polar surface area (TPSA) is 135 Å². The molecule has 1 unspecified atom stereocenters. The first-order chi connectivity index (χ1) is 19.0. The largest absolute Gasteiger partial charge is 0.507 e. The second-order valence-electron chi connectivity index (χ2n) is 10.2. The van der Waals surface area contributed by atoms with E-state index in [2.05, 4.69) is 65.0 Å². The van der Waals surface area contributed by atoms with Crippen LogP contribution in [0.25, 0.3) is 0 Å². The van der Waals surface area contributed by atoms with Crippen molar-refractivity contribution in [1.29, 1.82) is 0 Å². The van der Waals surface area contributed by atoms with E-state index in [4.69, 9.17) is 21.9 Å². The van der Waals surface area contributed by atoms with E-state index < -0.39 is 6.17 Å². The predicted octanol–water partition coefficient (Wildman–Crippen LogP) is 4.31. The highest BCUT2D eigenvalue weighted by Gasteiger charge is 2.18. The Kier molecular flexibility index (Phi) is 20.1. The van der Waals surface area contributed by atoms with Crippen LogP contribution in [0.15, 0.2) is 36.4 Å².